The van der Waals surface area contributed by atoms with Crippen molar-refractivity contribution in [2.45, 2.75) is 46.5 Å². The first-order valence-corrected chi connectivity index (χ1v) is 13.8. The molecule has 1 aromatic rings. The van der Waals surface area contributed by atoms with Crippen LogP contribution in [0.4, 0.5) is 0 Å². The van der Waals surface area contributed by atoms with Gasteiger partial charge < -0.3 is 4.52 Å². The quantitative estimate of drug-likeness (QED) is 0.395. The third kappa shape index (κ3) is 4.00. The molecule has 0 spiro atoms. The van der Waals surface area contributed by atoms with Crippen LogP contribution in [-0.2, 0) is 13.6 Å². The van der Waals surface area contributed by atoms with Crippen LogP contribution in [0.5, 0.6) is 0 Å². The minimum absolute atomic E-state index is 0.334. The van der Waals surface area contributed by atoms with Crippen LogP contribution in [0.25, 0.3) is 0 Å². The summed E-state index contributed by atoms with van der Waals surface area (Å²) in [6.45, 7) is 12.8. The Morgan fingerprint density at radius 3 is 2.42 bits per heavy atom. The summed E-state index contributed by atoms with van der Waals surface area (Å²) < 4.78 is 25.3. The smallest absolute Gasteiger partial charge is 0.306 e. The lowest BCUT2D eigenvalue weighted by Crippen LogP contribution is -2.34. The second kappa shape index (κ2) is 6.90. The zero-order chi connectivity index (χ0) is 18.3. The summed E-state index contributed by atoms with van der Waals surface area (Å²) in [5.74, 6) is 0. The summed E-state index contributed by atoms with van der Waals surface area (Å²) in [6, 6.07) is 5.29. The van der Waals surface area contributed by atoms with Crippen LogP contribution in [0.2, 0.25) is 29.7 Å². The molecule has 24 heavy (non-hydrogen) atoms. The van der Waals surface area contributed by atoms with Crippen LogP contribution in [0.15, 0.2) is 29.2 Å². The van der Waals surface area contributed by atoms with Gasteiger partial charge in [0.2, 0.25) is 0 Å². The van der Waals surface area contributed by atoms with E-state index in [0.717, 1.165) is 10.5 Å². The third-order valence-corrected chi connectivity index (χ3v) is 10.9. The first kappa shape index (κ1) is 20.2. The molecular formula is C17H25Cl2O3PSi. The predicted molar refractivity (Wildman–Crippen MR) is 105 cm³/mol. The number of hydrogen-bond donors (Lipinski definition) is 0. The summed E-state index contributed by atoms with van der Waals surface area (Å²) in [7, 11) is -5.22. The maximum absolute atomic E-state index is 13.5. The Hall–Kier alpha value is -0.0931. The van der Waals surface area contributed by atoms with Gasteiger partial charge in [0, 0.05) is 26.0 Å². The van der Waals surface area contributed by atoms with Crippen molar-refractivity contribution in [1.82, 2.24) is 0 Å². The number of benzene rings is 1. The lowest BCUT2D eigenvalue weighted by atomic mass is 9.83. The van der Waals surface area contributed by atoms with E-state index in [4.69, 9.17) is 32.2 Å². The number of hydrogen-bond acceptors (Lipinski definition) is 3. The Kier molecular flexibility index (Phi) is 5.82. The summed E-state index contributed by atoms with van der Waals surface area (Å²) in [6.07, 6.45) is 1.63. The third-order valence-electron chi connectivity index (χ3n) is 4.04. The van der Waals surface area contributed by atoms with E-state index in [9.17, 15) is 4.57 Å². The fourth-order valence-electron chi connectivity index (χ4n) is 2.91. The van der Waals surface area contributed by atoms with E-state index in [1.54, 1.807) is 12.1 Å². The van der Waals surface area contributed by atoms with Gasteiger partial charge in [-0.05, 0) is 19.1 Å². The number of rotatable bonds is 4. The summed E-state index contributed by atoms with van der Waals surface area (Å²) in [5.41, 5.74) is 0.412. The fourth-order valence-corrected chi connectivity index (χ4v) is 9.67. The van der Waals surface area contributed by atoms with Crippen LogP contribution >= 0.6 is 30.8 Å². The van der Waals surface area contributed by atoms with E-state index in [-0.39, 0.29) is 5.41 Å². The molecule has 1 aliphatic heterocycles. The maximum atomic E-state index is 13.5. The first-order valence-electron chi connectivity index (χ1n) is 8.02. The average molecular weight is 407 g/mol. The summed E-state index contributed by atoms with van der Waals surface area (Å²) >= 11 is 12.4. The monoisotopic (exact) mass is 406 g/mol. The van der Waals surface area contributed by atoms with Gasteiger partial charge in [-0.2, -0.15) is 0 Å². The molecule has 1 heterocycles. The molecule has 1 aliphatic rings. The Morgan fingerprint density at radius 1 is 1.29 bits per heavy atom. The maximum Gasteiger partial charge on any atom is 0.353 e. The van der Waals surface area contributed by atoms with Crippen molar-refractivity contribution in [1.29, 1.82) is 0 Å². The van der Waals surface area contributed by atoms with E-state index in [0.29, 0.717) is 16.7 Å². The molecular weight excluding hydrogens is 382 g/mol. The average Bonchev–Trinajstić information content (AvgIpc) is 2.41. The molecule has 0 saturated carbocycles. The van der Waals surface area contributed by atoms with Gasteiger partial charge in [0.05, 0.1) is 14.7 Å². The van der Waals surface area contributed by atoms with Gasteiger partial charge >= 0.3 is 7.60 Å². The molecule has 0 fully saturated rings. The van der Waals surface area contributed by atoms with E-state index in [2.05, 4.69) is 39.6 Å². The molecule has 134 valence electrons. The number of halogens is 2. The van der Waals surface area contributed by atoms with Gasteiger partial charge in [0.15, 0.2) is 0 Å². The second-order valence-corrected chi connectivity index (χ2v) is 15.9. The lowest BCUT2D eigenvalue weighted by molar-refractivity contribution is 0.0762. The predicted octanol–water partition coefficient (Wildman–Crippen LogP) is 7.08. The molecule has 0 amide bonds. The molecule has 0 saturated heterocycles. The largest absolute Gasteiger partial charge is 0.353 e. The van der Waals surface area contributed by atoms with Crippen molar-refractivity contribution in [3.8, 4) is 0 Å². The van der Waals surface area contributed by atoms with Crippen molar-refractivity contribution in [2.75, 3.05) is 6.61 Å². The van der Waals surface area contributed by atoms with Crippen LogP contribution < -0.4 is 0 Å². The SMILES string of the molecule is CCOP1(=O)OC(c2ccc(Cl)cc2Cl)C(C)(C)C=C1[Si](C)(C)C. The van der Waals surface area contributed by atoms with Gasteiger partial charge in [0.25, 0.3) is 0 Å². The van der Waals surface area contributed by atoms with Crippen molar-refractivity contribution in [3.05, 3.63) is 44.8 Å². The molecule has 0 bridgehead atoms. The van der Waals surface area contributed by atoms with Gasteiger partial charge in [-0.1, -0.05) is 68.8 Å². The lowest BCUT2D eigenvalue weighted by Gasteiger charge is -2.43. The molecule has 7 heteroatoms. The minimum Gasteiger partial charge on any atom is -0.306 e. The topological polar surface area (TPSA) is 35.5 Å². The van der Waals surface area contributed by atoms with Crippen molar-refractivity contribution in [3.63, 3.8) is 0 Å². The van der Waals surface area contributed by atoms with Gasteiger partial charge in [-0.15, -0.1) is 0 Å². The Bertz CT molecular complexity index is 710. The highest BCUT2D eigenvalue weighted by Crippen LogP contribution is 2.68. The fraction of sp³-hybridized carbons (Fsp3) is 0.529. The minimum atomic E-state index is -3.35. The molecule has 2 unspecified atom stereocenters. The van der Waals surface area contributed by atoms with Gasteiger partial charge in [-0.25, -0.2) is 0 Å². The van der Waals surface area contributed by atoms with Crippen LogP contribution in [0.3, 0.4) is 0 Å². The summed E-state index contributed by atoms with van der Waals surface area (Å²) in [4.78, 5) is 0.850. The van der Waals surface area contributed by atoms with Crippen LogP contribution in [-0.4, -0.2) is 14.7 Å². The van der Waals surface area contributed by atoms with Crippen LogP contribution in [0.1, 0.15) is 32.4 Å². The molecule has 2 rings (SSSR count). The zero-order valence-corrected chi connectivity index (χ0v) is 18.4. The van der Waals surface area contributed by atoms with Crippen molar-refractivity contribution < 1.29 is 13.6 Å². The Labute approximate surface area is 155 Å². The molecule has 1 aromatic carbocycles. The molecule has 3 nitrogen and oxygen atoms in total. The highest BCUT2D eigenvalue weighted by atomic mass is 35.5. The molecule has 0 aliphatic carbocycles. The molecule has 2 atom stereocenters. The van der Waals surface area contributed by atoms with Crippen molar-refractivity contribution in [2.24, 2.45) is 5.41 Å². The van der Waals surface area contributed by atoms with E-state index in [1.807, 2.05) is 13.0 Å². The normalized spacial score (nSPS) is 27.0. The van der Waals surface area contributed by atoms with Crippen molar-refractivity contribution >= 4 is 38.9 Å². The van der Waals surface area contributed by atoms with Gasteiger partial charge in [0.1, 0.15) is 6.10 Å². The molecule has 0 radical (unpaired) electrons. The zero-order valence-electron chi connectivity index (χ0n) is 15.0. The standard InChI is InChI=1S/C17H25Cl2O3PSi/c1-7-21-23(20)15(24(4,5)6)11-17(2,3)16(22-23)13-9-8-12(18)10-14(13)19/h8-11,16H,7H2,1-6H3. The Morgan fingerprint density at radius 2 is 1.92 bits per heavy atom. The first-order chi connectivity index (χ1) is 10.9. The molecule has 0 N–H and O–H groups in total. The van der Waals surface area contributed by atoms with E-state index < -0.39 is 21.8 Å². The van der Waals surface area contributed by atoms with E-state index >= 15 is 0 Å². The van der Waals surface area contributed by atoms with Crippen LogP contribution in [0, 0.1) is 5.41 Å². The van der Waals surface area contributed by atoms with E-state index in [1.165, 1.54) is 0 Å². The Balaban J connectivity index is 2.61. The highest BCUT2D eigenvalue weighted by molar-refractivity contribution is 7.62. The molecule has 0 aromatic heterocycles. The second-order valence-electron chi connectivity index (χ2n) is 7.67. The summed E-state index contributed by atoms with van der Waals surface area (Å²) in [5, 5.41) is 1.07. The van der Waals surface area contributed by atoms with Gasteiger partial charge in [-0.3, -0.25) is 9.09 Å². The highest BCUT2D eigenvalue weighted by Gasteiger charge is 2.49.